The zero-order valence-corrected chi connectivity index (χ0v) is 11.4. The molecule has 4 heteroatoms. The maximum Gasteiger partial charge on any atom is 0.0489 e. The van der Waals surface area contributed by atoms with Crippen molar-refractivity contribution in [3.05, 3.63) is 52.5 Å². The van der Waals surface area contributed by atoms with E-state index in [9.17, 15) is 0 Å². The Kier molecular flexibility index (Phi) is 4.34. The summed E-state index contributed by atoms with van der Waals surface area (Å²) in [6.07, 6.45) is 5.81. The van der Waals surface area contributed by atoms with Gasteiger partial charge in [0.1, 0.15) is 0 Å². The van der Waals surface area contributed by atoms with Gasteiger partial charge in [0.2, 0.25) is 0 Å². The summed E-state index contributed by atoms with van der Waals surface area (Å²) in [7, 11) is 0. The van der Waals surface area contributed by atoms with Gasteiger partial charge in [-0.1, -0.05) is 6.92 Å². The standard InChI is InChI=1S/C13H16BrN3/c1-2-15-9-13-4-3-5-17(13)10-11-6-12(14)8-16-7-11/h3-8,15H,2,9-10H2,1H3. The minimum atomic E-state index is 0.861. The molecule has 2 aromatic rings. The Morgan fingerprint density at radius 3 is 3.06 bits per heavy atom. The van der Waals surface area contributed by atoms with Crippen molar-refractivity contribution in [2.24, 2.45) is 0 Å². The summed E-state index contributed by atoms with van der Waals surface area (Å²) in [5, 5.41) is 3.34. The second-order valence-electron chi connectivity index (χ2n) is 3.92. The summed E-state index contributed by atoms with van der Waals surface area (Å²) in [5.74, 6) is 0. The molecule has 0 saturated carbocycles. The molecule has 0 bridgehead atoms. The van der Waals surface area contributed by atoms with Gasteiger partial charge in [-0.15, -0.1) is 0 Å². The number of hydrogen-bond donors (Lipinski definition) is 1. The Labute approximate surface area is 110 Å². The Balaban J connectivity index is 2.10. The monoisotopic (exact) mass is 293 g/mol. The van der Waals surface area contributed by atoms with Crippen molar-refractivity contribution >= 4 is 15.9 Å². The lowest BCUT2D eigenvalue weighted by Gasteiger charge is -2.09. The summed E-state index contributed by atoms with van der Waals surface area (Å²) in [5.41, 5.74) is 2.50. The van der Waals surface area contributed by atoms with Crippen molar-refractivity contribution in [2.75, 3.05) is 6.54 Å². The van der Waals surface area contributed by atoms with Crippen LogP contribution in [-0.2, 0) is 13.1 Å². The SMILES string of the molecule is CCNCc1cccn1Cc1cncc(Br)c1. The minimum Gasteiger partial charge on any atom is -0.346 e. The van der Waals surface area contributed by atoms with Gasteiger partial charge in [0, 0.05) is 41.8 Å². The number of nitrogens with zero attached hydrogens (tertiary/aromatic N) is 2. The number of hydrogen-bond acceptors (Lipinski definition) is 2. The molecule has 0 saturated heterocycles. The molecule has 0 spiro atoms. The lowest BCUT2D eigenvalue weighted by molar-refractivity contribution is 0.656. The van der Waals surface area contributed by atoms with Crippen molar-refractivity contribution in [1.29, 1.82) is 0 Å². The zero-order chi connectivity index (χ0) is 12.1. The van der Waals surface area contributed by atoms with Gasteiger partial charge in [-0.05, 0) is 46.2 Å². The molecule has 0 aliphatic carbocycles. The molecule has 0 aliphatic heterocycles. The van der Waals surface area contributed by atoms with Gasteiger partial charge in [0.15, 0.2) is 0 Å². The van der Waals surface area contributed by atoms with Crippen molar-refractivity contribution < 1.29 is 0 Å². The van der Waals surface area contributed by atoms with E-state index >= 15 is 0 Å². The molecule has 2 aromatic heterocycles. The molecule has 0 fully saturated rings. The average Bonchev–Trinajstić information content (AvgIpc) is 2.74. The van der Waals surface area contributed by atoms with Gasteiger partial charge in [0.25, 0.3) is 0 Å². The first-order valence-corrected chi connectivity index (χ1v) is 6.53. The normalized spacial score (nSPS) is 10.7. The Bertz CT molecular complexity index is 479. The van der Waals surface area contributed by atoms with Crippen molar-refractivity contribution in [3.63, 3.8) is 0 Å². The van der Waals surface area contributed by atoms with Crippen LogP contribution in [0.1, 0.15) is 18.2 Å². The van der Waals surface area contributed by atoms with Crippen LogP contribution in [0.15, 0.2) is 41.3 Å². The molecular weight excluding hydrogens is 278 g/mol. The number of nitrogens with one attached hydrogen (secondary N) is 1. The third-order valence-electron chi connectivity index (χ3n) is 2.59. The topological polar surface area (TPSA) is 29.9 Å². The van der Waals surface area contributed by atoms with Gasteiger partial charge >= 0.3 is 0 Å². The lowest BCUT2D eigenvalue weighted by Crippen LogP contribution is -2.15. The van der Waals surface area contributed by atoms with E-state index in [-0.39, 0.29) is 0 Å². The number of halogens is 1. The summed E-state index contributed by atoms with van der Waals surface area (Å²) in [6, 6.07) is 6.33. The predicted octanol–water partition coefficient (Wildman–Crippen LogP) is 2.80. The molecule has 0 amide bonds. The molecule has 0 aliphatic rings. The van der Waals surface area contributed by atoms with Crippen LogP contribution in [0.2, 0.25) is 0 Å². The average molecular weight is 294 g/mol. The fraction of sp³-hybridized carbons (Fsp3) is 0.308. The fourth-order valence-corrected chi connectivity index (χ4v) is 2.17. The first-order valence-electron chi connectivity index (χ1n) is 5.73. The van der Waals surface area contributed by atoms with Crippen molar-refractivity contribution in [2.45, 2.75) is 20.0 Å². The van der Waals surface area contributed by atoms with E-state index in [2.05, 4.69) is 62.1 Å². The van der Waals surface area contributed by atoms with Crippen molar-refractivity contribution in [3.8, 4) is 0 Å². The minimum absolute atomic E-state index is 0.861. The molecular formula is C13H16BrN3. The van der Waals surface area contributed by atoms with E-state index in [1.54, 1.807) is 6.20 Å². The van der Waals surface area contributed by atoms with E-state index in [0.29, 0.717) is 0 Å². The molecule has 0 atom stereocenters. The van der Waals surface area contributed by atoms with Crippen LogP contribution in [0, 0.1) is 0 Å². The first kappa shape index (κ1) is 12.3. The predicted molar refractivity (Wildman–Crippen MR) is 72.9 cm³/mol. The largest absolute Gasteiger partial charge is 0.346 e. The Morgan fingerprint density at radius 1 is 1.41 bits per heavy atom. The Hall–Kier alpha value is -1.13. The number of pyridine rings is 1. The van der Waals surface area contributed by atoms with Gasteiger partial charge < -0.3 is 9.88 Å². The number of aromatic nitrogens is 2. The van der Waals surface area contributed by atoms with Crippen LogP contribution in [0.4, 0.5) is 0 Å². The smallest absolute Gasteiger partial charge is 0.0489 e. The van der Waals surface area contributed by atoms with Crippen LogP contribution in [0.25, 0.3) is 0 Å². The van der Waals surface area contributed by atoms with E-state index in [1.165, 1.54) is 11.3 Å². The second kappa shape index (κ2) is 5.98. The molecule has 0 aromatic carbocycles. The summed E-state index contributed by atoms with van der Waals surface area (Å²) < 4.78 is 3.27. The third-order valence-corrected chi connectivity index (χ3v) is 3.03. The van der Waals surface area contributed by atoms with Crippen LogP contribution in [0.3, 0.4) is 0 Å². The lowest BCUT2D eigenvalue weighted by atomic mass is 10.3. The molecule has 0 radical (unpaired) electrons. The highest BCUT2D eigenvalue weighted by atomic mass is 79.9. The third kappa shape index (κ3) is 3.41. The first-order chi connectivity index (χ1) is 8.29. The molecule has 2 rings (SSSR count). The Morgan fingerprint density at radius 2 is 2.29 bits per heavy atom. The maximum atomic E-state index is 4.18. The second-order valence-corrected chi connectivity index (χ2v) is 4.83. The van der Waals surface area contributed by atoms with Crippen LogP contribution < -0.4 is 5.32 Å². The summed E-state index contributed by atoms with van der Waals surface area (Å²) in [6.45, 7) is 4.88. The molecule has 90 valence electrons. The highest BCUT2D eigenvalue weighted by Gasteiger charge is 2.02. The van der Waals surface area contributed by atoms with E-state index < -0.39 is 0 Å². The van der Waals surface area contributed by atoms with Gasteiger partial charge in [-0.25, -0.2) is 0 Å². The van der Waals surface area contributed by atoms with Gasteiger partial charge in [-0.3, -0.25) is 4.98 Å². The fourth-order valence-electron chi connectivity index (χ4n) is 1.76. The van der Waals surface area contributed by atoms with Crippen LogP contribution in [-0.4, -0.2) is 16.1 Å². The molecule has 2 heterocycles. The van der Waals surface area contributed by atoms with Crippen LogP contribution >= 0.6 is 15.9 Å². The molecule has 0 unspecified atom stereocenters. The molecule has 3 nitrogen and oxygen atoms in total. The quantitative estimate of drug-likeness (QED) is 0.919. The highest BCUT2D eigenvalue weighted by Crippen LogP contribution is 2.12. The van der Waals surface area contributed by atoms with Crippen molar-refractivity contribution in [1.82, 2.24) is 14.9 Å². The van der Waals surface area contributed by atoms with Gasteiger partial charge in [-0.2, -0.15) is 0 Å². The van der Waals surface area contributed by atoms with Crippen LogP contribution in [0.5, 0.6) is 0 Å². The highest BCUT2D eigenvalue weighted by molar-refractivity contribution is 9.10. The summed E-state index contributed by atoms with van der Waals surface area (Å²) in [4.78, 5) is 4.18. The summed E-state index contributed by atoms with van der Waals surface area (Å²) >= 11 is 3.44. The van der Waals surface area contributed by atoms with E-state index in [0.717, 1.165) is 24.1 Å². The number of rotatable bonds is 5. The van der Waals surface area contributed by atoms with Gasteiger partial charge in [0.05, 0.1) is 0 Å². The molecule has 17 heavy (non-hydrogen) atoms. The molecule has 1 N–H and O–H groups in total. The van der Waals surface area contributed by atoms with E-state index in [1.807, 2.05) is 6.20 Å². The zero-order valence-electron chi connectivity index (χ0n) is 9.86. The van der Waals surface area contributed by atoms with E-state index in [4.69, 9.17) is 0 Å². The maximum absolute atomic E-state index is 4.18.